The predicted octanol–water partition coefficient (Wildman–Crippen LogP) is 1.16. The van der Waals surface area contributed by atoms with E-state index in [2.05, 4.69) is 20.1 Å². The minimum atomic E-state index is -0.167. The molecule has 4 heterocycles. The normalized spacial score (nSPS) is 12.1. The van der Waals surface area contributed by atoms with E-state index in [1.165, 1.54) is 15.9 Å². The lowest BCUT2D eigenvalue weighted by molar-refractivity contribution is 0.936. The van der Waals surface area contributed by atoms with Crippen molar-refractivity contribution in [3.63, 3.8) is 0 Å². The fraction of sp³-hybridized carbons (Fsp3) is 0. The highest BCUT2D eigenvalue weighted by atomic mass is 32.1. The van der Waals surface area contributed by atoms with Gasteiger partial charge in [-0.1, -0.05) is 11.3 Å². The van der Waals surface area contributed by atoms with Gasteiger partial charge in [0.25, 0.3) is 5.56 Å². The highest BCUT2D eigenvalue weighted by Gasteiger charge is 2.11. The summed E-state index contributed by atoms with van der Waals surface area (Å²) < 4.78 is 1.93. The number of hydrogen-bond acceptors (Lipinski definition) is 6. The third-order valence-corrected chi connectivity index (χ3v) is 4.06. The number of pyridine rings is 2. The van der Waals surface area contributed by atoms with E-state index in [0.717, 1.165) is 11.1 Å². The van der Waals surface area contributed by atoms with Crippen LogP contribution in [0.4, 0.5) is 0 Å². The van der Waals surface area contributed by atoms with E-state index in [1.807, 2.05) is 30.3 Å². The van der Waals surface area contributed by atoms with Gasteiger partial charge in [0.05, 0.1) is 4.53 Å². The summed E-state index contributed by atoms with van der Waals surface area (Å²) in [5, 5.41) is 4.28. The zero-order chi connectivity index (χ0) is 14.9. The van der Waals surface area contributed by atoms with E-state index in [1.54, 1.807) is 24.8 Å². The molecule has 0 N–H and O–H groups in total. The molecule has 6 nitrogen and oxygen atoms in total. The topological polar surface area (TPSA) is 73.0 Å². The van der Waals surface area contributed by atoms with Gasteiger partial charge in [-0.25, -0.2) is 0 Å². The lowest BCUT2D eigenvalue weighted by atomic mass is 10.2. The van der Waals surface area contributed by atoms with Gasteiger partial charge in [-0.2, -0.15) is 9.50 Å². The van der Waals surface area contributed by atoms with Gasteiger partial charge in [0.1, 0.15) is 0 Å². The van der Waals surface area contributed by atoms with Crippen LogP contribution in [-0.4, -0.2) is 24.6 Å². The first kappa shape index (κ1) is 12.8. The Morgan fingerprint density at radius 2 is 1.95 bits per heavy atom. The molecule has 4 aromatic heterocycles. The summed E-state index contributed by atoms with van der Waals surface area (Å²) in [5.41, 5.74) is 1.54. The summed E-state index contributed by atoms with van der Waals surface area (Å²) in [5.74, 6) is 0.506. The van der Waals surface area contributed by atoms with Crippen LogP contribution in [0.3, 0.4) is 0 Å². The molecule has 106 valence electrons. The molecule has 7 heteroatoms. The molecule has 4 rings (SSSR count). The molecule has 0 radical (unpaired) electrons. The van der Waals surface area contributed by atoms with Crippen molar-refractivity contribution in [2.24, 2.45) is 0 Å². The standard InChI is InChI=1S/C15H9N5OS/c21-14-12(8-10-3-6-16-7-4-10)22-15-18-13(19-20(14)15)11-2-1-5-17-9-11/h1-9H/b12-8-. The zero-order valence-electron chi connectivity index (χ0n) is 11.2. The fourth-order valence-corrected chi connectivity index (χ4v) is 2.97. The minimum Gasteiger partial charge on any atom is -0.266 e. The molecular formula is C15H9N5OS. The van der Waals surface area contributed by atoms with Crippen molar-refractivity contribution in [3.05, 3.63) is 69.5 Å². The highest BCUT2D eigenvalue weighted by Crippen LogP contribution is 2.14. The predicted molar refractivity (Wildman–Crippen MR) is 83.4 cm³/mol. The fourth-order valence-electron chi connectivity index (χ4n) is 2.06. The van der Waals surface area contributed by atoms with Crippen molar-refractivity contribution in [1.82, 2.24) is 24.6 Å². The molecule has 0 aliphatic heterocycles. The summed E-state index contributed by atoms with van der Waals surface area (Å²) in [4.78, 5) is 25.4. The Hall–Kier alpha value is -2.93. The Labute approximate surface area is 128 Å². The van der Waals surface area contributed by atoms with Crippen molar-refractivity contribution < 1.29 is 0 Å². The molecule has 0 bridgehead atoms. The Morgan fingerprint density at radius 1 is 1.09 bits per heavy atom. The molecule has 0 atom stereocenters. The van der Waals surface area contributed by atoms with E-state index in [-0.39, 0.29) is 5.56 Å². The van der Waals surface area contributed by atoms with Crippen molar-refractivity contribution in [1.29, 1.82) is 0 Å². The van der Waals surface area contributed by atoms with Crippen molar-refractivity contribution >= 4 is 22.4 Å². The number of fused-ring (bicyclic) bond motifs is 1. The van der Waals surface area contributed by atoms with Crippen LogP contribution in [0.5, 0.6) is 0 Å². The van der Waals surface area contributed by atoms with Crippen LogP contribution in [-0.2, 0) is 0 Å². The number of nitrogens with zero attached hydrogens (tertiary/aromatic N) is 5. The number of rotatable bonds is 2. The van der Waals surface area contributed by atoms with Gasteiger partial charge in [-0.3, -0.25) is 14.8 Å². The molecule has 0 unspecified atom stereocenters. The number of aromatic nitrogens is 5. The molecule has 0 aromatic carbocycles. The smallest absolute Gasteiger partial charge is 0.266 e. The molecule has 0 aliphatic rings. The van der Waals surface area contributed by atoms with Crippen LogP contribution < -0.4 is 10.1 Å². The SMILES string of the molecule is O=c1/c(=C/c2ccncc2)sc2nc(-c3cccnc3)nn12. The largest absolute Gasteiger partial charge is 0.291 e. The molecule has 0 spiro atoms. The van der Waals surface area contributed by atoms with Crippen molar-refractivity contribution in [3.8, 4) is 11.4 Å². The molecule has 0 fully saturated rings. The molecule has 22 heavy (non-hydrogen) atoms. The van der Waals surface area contributed by atoms with E-state index in [0.29, 0.717) is 15.3 Å². The van der Waals surface area contributed by atoms with Gasteiger partial charge in [-0.05, 0) is 35.9 Å². The number of thiazole rings is 1. The quantitative estimate of drug-likeness (QED) is 0.555. The van der Waals surface area contributed by atoms with E-state index in [4.69, 9.17) is 0 Å². The second kappa shape index (κ2) is 5.12. The van der Waals surface area contributed by atoms with Gasteiger partial charge in [-0.15, -0.1) is 5.10 Å². The van der Waals surface area contributed by atoms with Crippen LogP contribution in [0.2, 0.25) is 0 Å². The van der Waals surface area contributed by atoms with E-state index >= 15 is 0 Å². The molecule has 0 saturated carbocycles. The monoisotopic (exact) mass is 307 g/mol. The summed E-state index contributed by atoms with van der Waals surface area (Å²) in [7, 11) is 0. The molecule has 0 amide bonds. The van der Waals surface area contributed by atoms with Crippen LogP contribution >= 0.6 is 11.3 Å². The first-order valence-corrected chi connectivity index (χ1v) is 7.35. The Balaban J connectivity index is 1.85. The third kappa shape index (κ3) is 2.17. The van der Waals surface area contributed by atoms with E-state index in [9.17, 15) is 4.79 Å². The lowest BCUT2D eigenvalue weighted by Gasteiger charge is -1.90. The molecule has 0 saturated heterocycles. The third-order valence-electron chi connectivity index (χ3n) is 3.11. The average Bonchev–Trinajstić information content (AvgIpc) is 3.10. The number of hydrogen-bond donors (Lipinski definition) is 0. The van der Waals surface area contributed by atoms with Gasteiger partial charge in [0.2, 0.25) is 4.96 Å². The second-order valence-electron chi connectivity index (χ2n) is 4.57. The minimum absolute atomic E-state index is 0.167. The Kier molecular flexibility index (Phi) is 2.97. The zero-order valence-corrected chi connectivity index (χ0v) is 12.1. The first-order valence-electron chi connectivity index (χ1n) is 6.53. The lowest BCUT2D eigenvalue weighted by Crippen LogP contribution is -2.23. The van der Waals surface area contributed by atoms with Crippen molar-refractivity contribution in [2.75, 3.05) is 0 Å². The van der Waals surface area contributed by atoms with Gasteiger partial charge in [0, 0.05) is 30.4 Å². The average molecular weight is 307 g/mol. The highest BCUT2D eigenvalue weighted by molar-refractivity contribution is 7.15. The van der Waals surface area contributed by atoms with Gasteiger partial charge in [0.15, 0.2) is 5.82 Å². The van der Waals surface area contributed by atoms with E-state index < -0.39 is 0 Å². The summed E-state index contributed by atoms with van der Waals surface area (Å²) in [6.45, 7) is 0. The summed E-state index contributed by atoms with van der Waals surface area (Å²) >= 11 is 1.31. The molecular weight excluding hydrogens is 298 g/mol. The van der Waals surface area contributed by atoms with Crippen LogP contribution in [0, 0.1) is 0 Å². The Bertz CT molecular complexity index is 1040. The van der Waals surface area contributed by atoms with Crippen LogP contribution in [0.25, 0.3) is 22.4 Å². The Morgan fingerprint density at radius 3 is 2.68 bits per heavy atom. The van der Waals surface area contributed by atoms with Gasteiger partial charge >= 0.3 is 0 Å². The molecule has 4 aromatic rings. The molecule has 0 aliphatic carbocycles. The summed E-state index contributed by atoms with van der Waals surface area (Å²) in [6.07, 6.45) is 8.55. The maximum absolute atomic E-state index is 12.4. The van der Waals surface area contributed by atoms with Crippen LogP contribution in [0.15, 0.2) is 53.8 Å². The van der Waals surface area contributed by atoms with Crippen molar-refractivity contribution in [2.45, 2.75) is 0 Å². The van der Waals surface area contributed by atoms with Crippen LogP contribution in [0.1, 0.15) is 5.56 Å². The summed E-state index contributed by atoms with van der Waals surface area (Å²) in [6, 6.07) is 7.36. The second-order valence-corrected chi connectivity index (χ2v) is 5.58. The van der Waals surface area contributed by atoms with Gasteiger partial charge < -0.3 is 0 Å². The first-order chi connectivity index (χ1) is 10.8. The maximum Gasteiger partial charge on any atom is 0.291 e. The maximum atomic E-state index is 12.4.